The number of nitrogens with zero attached hydrogens (tertiary/aromatic N) is 2. The molecule has 0 atom stereocenters. The van der Waals surface area contributed by atoms with Gasteiger partial charge in [-0.05, 0) is 113 Å². The van der Waals surface area contributed by atoms with Gasteiger partial charge in [0.15, 0.2) is 0 Å². The molecule has 2 aliphatic carbocycles. The van der Waals surface area contributed by atoms with Gasteiger partial charge in [-0.2, -0.15) is 0 Å². The smallest absolute Gasteiger partial charge is 0.0964 e. The molecule has 0 saturated heterocycles. The van der Waals surface area contributed by atoms with Crippen LogP contribution < -0.4 is 0 Å². The fraction of sp³-hybridized carbons (Fsp3) is 0.130. The summed E-state index contributed by atoms with van der Waals surface area (Å²) in [4.78, 5) is 9.62. The lowest BCUT2D eigenvalue weighted by atomic mass is 9.79. The van der Waals surface area contributed by atoms with Crippen molar-refractivity contribution in [3.8, 4) is 33.4 Å². The topological polar surface area (TPSA) is 25.8 Å². The Hall–Kier alpha value is -5.60. The third-order valence-corrected chi connectivity index (χ3v) is 11.9. The molecule has 2 nitrogen and oxygen atoms in total. The van der Waals surface area contributed by atoms with Gasteiger partial charge in [-0.3, -0.25) is 9.97 Å². The molecular weight excluding hydrogens is 581 g/mol. The Kier molecular flexibility index (Phi) is 4.77. The Labute approximate surface area is 279 Å². The van der Waals surface area contributed by atoms with Crippen LogP contribution in [-0.2, 0) is 10.8 Å². The first kappa shape index (κ1) is 26.5. The van der Waals surface area contributed by atoms with Gasteiger partial charge in [0.1, 0.15) is 0 Å². The summed E-state index contributed by atoms with van der Waals surface area (Å²) in [5.74, 6) is 0. The van der Waals surface area contributed by atoms with Crippen molar-refractivity contribution in [1.82, 2.24) is 9.97 Å². The van der Waals surface area contributed by atoms with Crippen molar-refractivity contribution in [2.24, 2.45) is 0 Å². The third kappa shape index (κ3) is 3.14. The van der Waals surface area contributed by atoms with E-state index in [0.717, 1.165) is 27.4 Å². The second kappa shape index (κ2) is 8.65. The Bertz CT molecular complexity index is 2890. The van der Waals surface area contributed by atoms with Crippen LogP contribution in [0.15, 0.2) is 122 Å². The number of pyridine rings is 2. The SMILES string of the molecule is CC1(C)c2ccccc2-c2cc3c(cc21)-c1c(cc2ccc4c(-c5cnc6c(ccc7cccnc76)c5)ccc5ccc1c2c54)C3(C)C. The molecule has 0 bridgehead atoms. The van der Waals surface area contributed by atoms with Crippen LogP contribution in [0.4, 0.5) is 0 Å². The maximum atomic E-state index is 4.98. The zero-order chi connectivity index (χ0) is 32.1. The highest BCUT2D eigenvalue weighted by Gasteiger charge is 2.42. The van der Waals surface area contributed by atoms with Crippen molar-refractivity contribution in [1.29, 1.82) is 0 Å². The summed E-state index contributed by atoms with van der Waals surface area (Å²) < 4.78 is 0. The van der Waals surface area contributed by atoms with Crippen LogP contribution in [-0.4, -0.2) is 9.97 Å². The molecule has 0 radical (unpaired) electrons. The molecule has 0 saturated carbocycles. The van der Waals surface area contributed by atoms with Crippen LogP contribution in [0, 0.1) is 0 Å². The normalized spacial score (nSPS) is 15.4. The van der Waals surface area contributed by atoms with E-state index < -0.39 is 0 Å². The van der Waals surface area contributed by atoms with Crippen LogP contribution in [0.25, 0.3) is 87.5 Å². The molecule has 0 fully saturated rings. The van der Waals surface area contributed by atoms with Crippen LogP contribution in [0.2, 0.25) is 0 Å². The Morgan fingerprint density at radius 3 is 2.04 bits per heavy atom. The third-order valence-electron chi connectivity index (χ3n) is 11.9. The molecular formula is C46H32N2. The summed E-state index contributed by atoms with van der Waals surface area (Å²) in [6, 6.07) is 41.2. The quantitative estimate of drug-likeness (QED) is 0.172. The van der Waals surface area contributed by atoms with E-state index in [0.29, 0.717) is 0 Å². The van der Waals surface area contributed by atoms with Crippen molar-refractivity contribution in [2.45, 2.75) is 38.5 Å². The molecule has 226 valence electrons. The van der Waals surface area contributed by atoms with Gasteiger partial charge in [-0.25, -0.2) is 0 Å². The minimum absolute atomic E-state index is 0.0389. The molecule has 7 aromatic carbocycles. The van der Waals surface area contributed by atoms with Crippen molar-refractivity contribution < 1.29 is 0 Å². The lowest BCUT2D eigenvalue weighted by molar-refractivity contribution is 0.652. The first-order chi connectivity index (χ1) is 23.3. The van der Waals surface area contributed by atoms with E-state index in [9.17, 15) is 0 Å². The van der Waals surface area contributed by atoms with E-state index in [1.807, 2.05) is 18.5 Å². The zero-order valence-electron chi connectivity index (χ0n) is 27.4. The molecule has 48 heavy (non-hydrogen) atoms. The summed E-state index contributed by atoms with van der Waals surface area (Å²) in [5, 5.41) is 10.1. The molecule has 0 amide bonds. The average Bonchev–Trinajstić information content (AvgIpc) is 3.48. The summed E-state index contributed by atoms with van der Waals surface area (Å²) in [5.41, 5.74) is 15.4. The summed E-state index contributed by atoms with van der Waals surface area (Å²) in [6.45, 7) is 9.60. The Morgan fingerprint density at radius 2 is 1.12 bits per heavy atom. The number of fused-ring (bicyclic) bond motifs is 10. The van der Waals surface area contributed by atoms with Gasteiger partial charge in [-0.15, -0.1) is 0 Å². The Morgan fingerprint density at radius 1 is 0.438 bits per heavy atom. The number of hydrogen-bond acceptors (Lipinski definition) is 2. The lowest BCUT2D eigenvalue weighted by Crippen LogP contribution is -2.17. The molecule has 9 aromatic rings. The minimum atomic E-state index is -0.104. The van der Waals surface area contributed by atoms with Gasteiger partial charge in [0.2, 0.25) is 0 Å². The van der Waals surface area contributed by atoms with Crippen LogP contribution in [0.3, 0.4) is 0 Å². The second-order valence-electron chi connectivity index (χ2n) is 15.0. The molecule has 2 aromatic heterocycles. The Balaban J connectivity index is 1.17. The average molecular weight is 613 g/mol. The van der Waals surface area contributed by atoms with Crippen LogP contribution in [0.5, 0.6) is 0 Å². The molecule has 11 rings (SSSR count). The molecule has 2 aliphatic rings. The van der Waals surface area contributed by atoms with Gasteiger partial charge in [0, 0.05) is 39.6 Å². The van der Waals surface area contributed by atoms with Crippen molar-refractivity contribution in [3.05, 3.63) is 144 Å². The maximum Gasteiger partial charge on any atom is 0.0964 e. The second-order valence-corrected chi connectivity index (χ2v) is 15.0. The predicted octanol–water partition coefficient (Wildman–Crippen LogP) is 12.0. The van der Waals surface area contributed by atoms with E-state index in [4.69, 9.17) is 4.98 Å². The van der Waals surface area contributed by atoms with Crippen molar-refractivity contribution in [3.63, 3.8) is 0 Å². The van der Waals surface area contributed by atoms with E-state index in [-0.39, 0.29) is 10.8 Å². The molecule has 0 unspecified atom stereocenters. The van der Waals surface area contributed by atoms with Crippen LogP contribution in [0.1, 0.15) is 49.9 Å². The number of benzene rings is 7. The van der Waals surface area contributed by atoms with Gasteiger partial charge in [-0.1, -0.05) is 107 Å². The standard InChI is InChI=1S/C46H32N2/c1-45(2)36-10-6-5-9-31(36)34-22-38-35(23-37(34)45)42-33-18-14-25-13-16-30(32-17-15-27(41(33)40(25)32)21-39(42)46(38,3)4)29-20-28-12-11-26-8-7-19-47-43(26)44(28)48-24-29/h5-24H,1-4H3. The number of aromatic nitrogens is 2. The highest BCUT2D eigenvalue weighted by atomic mass is 14.7. The summed E-state index contributed by atoms with van der Waals surface area (Å²) in [6.07, 6.45) is 3.88. The number of hydrogen-bond donors (Lipinski definition) is 0. The predicted molar refractivity (Wildman–Crippen MR) is 201 cm³/mol. The highest BCUT2D eigenvalue weighted by Crippen LogP contribution is 2.58. The fourth-order valence-electron chi connectivity index (χ4n) is 9.41. The van der Waals surface area contributed by atoms with Crippen molar-refractivity contribution >= 4 is 54.1 Å². The molecule has 0 N–H and O–H groups in total. The molecule has 2 heterocycles. The molecule has 2 heteroatoms. The first-order valence-electron chi connectivity index (χ1n) is 17.0. The number of rotatable bonds is 1. The monoisotopic (exact) mass is 612 g/mol. The largest absolute Gasteiger partial charge is 0.254 e. The lowest BCUT2D eigenvalue weighted by Gasteiger charge is -2.24. The van der Waals surface area contributed by atoms with E-state index in [2.05, 4.69) is 136 Å². The van der Waals surface area contributed by atoms with Crippen molar-refractivity contribution in [2.75, 3.05) is 0 Å². The van der Waals surface area contributed by atoms with Gasteiger partial charge < -0.3 is 0 Å². The van der Waals surface area contributed by atoms with Gasteiger partial charge in [0.25, 0.3) is 0 Å². The molecule has 0 aliphatic heterocycles. The first-order valence-corrected chi connectivity index (χ1v) is 17.0. The van der Waals surface area contributed by atoms with Gasteiger partial charge >= 0.3 is 0 Å². The zero-order valence-corrected chi connectivity index (χ0v) is 27.4. The van der Waals surface area contributed by atoms with Crippen LogP contribution >= 0.6 is 0 Å². The molecule has 0 spiro atoms. The highest BCUT2D eigenvalue weighted by molar-refractivity contribution is 6.28. The fourth-order valence-corrected chi connectivity index (χ4v) is 9.41. The van der Waals surface area contributed by atoms with E-state index in [1.54, 1.807) is 0 Å². The maximum absolute atomic E-state index is 4.98. The summed E-state index contributed by atoms with van der Waals surface area (Å²) in [7, 11) is 0. The summed E-state index contributed by atoms with van der Waals surface area (Å²) >= 11 is 0. The minimum Gasteiger partial charge on any atom is -0.254 e. The van der Waals surface area contributed by atoms with Gasteiger partial charge in [0.05, 0.1) is 11.0 Å². The van der Waals surface area contributed by atoms with E-state index >= 15 is 0 Å². The van der Waals surface area contributed by atoms with E-state index in [1.165, 1.54) is 82.4 Å².